The van der Waals surface area contributed by atoms with Crippen molar-refractivity contribution in [3.05, 3.63) is 42.0 Å². The lowest BCUT2D eigenvalue weighted by Gasteiger charge is -2.40. The van der Waals surface area contributed by atoms with E-state index in [1.807, 2.05) is 0 Å². The maximum Gasteiger partial charge on any atom is 0.501 e. The van der Waals surface area contributed by atoms with E-state index in [1.165, 1.54) is 18.5 Å². The van der Waals surface area contributed by atoms with Gasteiger partial charge in [-0.2, -0.15) is 13.2 Å². The number of alkyl halides is 3. The average molecular weight is 459 g/mol. The average Bonchev–Trinajstić information content (AvgIpc) is 3.37. The fourth-order valence-electron chi connectivity index (χ4n) is 3.58. The molecule has 0 spiro atoms. The van der Waals surface area contributed by atoms with Crippen LogP contribution in [0.4, 0.5) is 18.0 Å². The second-order valence-corrected chi connectivity index (χ2v) is 9.46. The highest BCUT2D eigenvalue weighted by Gasteiger charge is 2.46. The number of hydrogen-bond donors (Lipinski definition) is 1. The lowest BCUT2D eigenvalue weighted by atomic mass is 10.1. The third kappa shape index (κ3) is 4.37. The standard InChI is InChI=1S/C18H20F3N5O4S/c19-18(20,21)31(28,29)15-3-1-12(2-4-15)10-30-14-8-26(9-14)17(27)25-6-5-13(7-25)16-22-11-23-24-16/h1-4,11,13-14H,5-10H2,(H,22,23,24)/t13-/m0/s1. The minimum atomic E-state index is -5.36. The molecule has 2 aliphatic rings. The van der Waals surface area contributed by atoms with E-state index in [1.54, 1.807) is 9.80 Å². The highest BCUT2D eigenvalue weighted by molar-refractivity contribution is 7.92. The second-order valence-electron chi connectivity index (χ2n) is 7.52. The molecule has 2 fully saturated rings. The summed E-state index contributed by atoms with van der Waals surface area (Å²) in [5, 5.41) is 7.77. The van der Waals surface area contributed by atoms with Crippen LogP contribution < -0.4 is 0 Å². The number of H-pyrrole nitrogens is 1. The molecule has 9 nitrogen and oxygen atoms in total. The summed E-state index contributed by atoms with van der Waals surface area (Å²) in [4.78, 5) is 18.2. The number of benzene rings is 1. The zero-order chi connectivity index (χ0) is 22.2. The first kappa shape index (κ1) is 21.6. The SMILES string of the molecule is O=C(N1CC(OCc2ccc(S(=O)(=O)C(F)(F)F)cc2)C1)N1CC[C@H](c2nnc[nH]2)C1. The van der Waals surface area contributed by atoms with E-state index in [0.29, 0.717) is 31.7 Å². The number of aromatic nitrogens is 3. The number of rotatable bonds is 5. The van der Waals surface area contributed by atoms with Gasteiger partial charge in [-0.05, 0) is 24.1 Å². The lowest BCUT2D eigenvalue weighted by Crippen LogP contribution is -2.58. The van der Waals surface area contributed by atoms with Crippen LogP contribution in [0, 0.1) is 0 Å². The first-order valence-electron chi connectivity index (χ1n) is 9.57. The molecule has 2 saturated heterocycles. The van der Waals surface area contributed by atoms with Crippen molar-refractivity contribution in [1.82, 2.24) is 25.0 Å². The van der Waals surface area contributed by atoms with Crippen molar-refractivity contribution in [3.63, 3.8) is 0 Å². The van der Waals surface area contributed by atoms with E-state index in [-0.39, 0.29) is 24.7 Å². The summed E-state index contributed by atoms with van der Waals surface area (Å²) < 4.78 is 66.2. The monoisotopic (exact) mass is 459 g/mol. The Hall–Kier alpha value is -2.67. The maximum absolute atomic E-state index is 12.6. The van der Waals surface area contributed by atoms with E-state index in [4.69, 9.17) is 4.74 Å². The van der Waals surface area contributed by atoms with Gasteiger partial charge in [0, 0.05) is 19.0 Å². The quantitative estimate of drug-likeness (QED) is 0.732. The van der Waals surface area contributed by atoms with Gasteiger partial charge in [-0.15, -0.1) is 10.2 Å². The Bertz CT molecular complexity index is 1020. The topological polar surface area (TPSA) is 108 Å². The van der Waals surface area contributed by atoms with E-state index < -0.39 is 20.2 Å². The highest BCUT2D eigenvalue weighted by atomic mass is 32.2. The normalized spacial score (nSPS) is 20.2. The van der Waals surface area contributed by atoms with Crippen molar-refractivity contribution in [2.45, 2.75) is 35.5 Å². The molecule has 4 rings (SSSR count). The smallest absolute Gasteiger partial charge is 0.370 e. The number of nitrogens with zero attached hydrogens (tertiary/aromatic N) is 4. The van der Waals surface area contributed by atoms with Gasteiger partial charge in [0.05, 0.1) is 30.7 Å². The van der Waals surface area contributed by atoms with Crippen molar-refractivity contribution >= 4 is 15.9 Å². The van der Waals surface area contributed by atoms with Crippen LogP contribution in [0.25, 0.3) is 0 Å². The van der Waals surface area contributed by atoms with Crippen LogP contribution in [0.5, 0.6) is 0 Å². The molecule has 2 aliphatic heterocycles. The van der Waals surface area contributed by atoms with E-state index in [0.717, 1.165) is 24.4 Å². The lowest BCUT2D eigenvalue weighted by molar-refractivity contribution is -0.0487. The summed E-state index contributed by atoms with van der Waals surface area (Å²) in [6, 6.07) is 4.33. The van der Waals surface area contributed by atoms with Crippen LogP contribution in [0.2, 0.25) is 0 Å². The van der Waals surface area contributed by atoms with Crippen LogP contribution in [0.1, 0.15) is 23.7 Å². The van der Waals surface area contributed by atoms with Gasteiger partial charge in [0.1, 0.15) is 12.2 Å². The Labute approximate surface area is 176 Å². The van der Waals surface area contributed by atoms with E-state index >= 15 is 0 Å². The van der Waals surface area contributed by atoms with Crippen molar-refractivity contribution < 1.29 is 31.1 Å². The minimum absolute atomic E-state index is 0.0661. The summed E-state index contributed by atoms with van der Waals surface area (Å²) in [5.74, 6) is 0.915. The molecule has 0 saturated carbocycles. The largest absolute Gasteiger partial charge is 0.501 e. The first-order chi connectivity index (χ1) is 14.6. The molecule has 1 aromatic carbocycles. The van der Waals surface area contributed by atoms with Crippen LogP contribution in [-0.2, 0) is 21.2 Å². The molecule has 168 valence electrons. The highest BCUT2D eigenvalue weighted by Crippen LogP contribution is 2.30. The minimum Gasteiger partial charge on any atom is -0.370 e. The zero-order valence-electron chi connectivity index (χ0n) is 16.2. The van der Waals surface area contributed by atoms with Gasteiger partial charge in [-0.1, -0.05) is 12.1 Å². The Morgan fingerprint density at radius 3 is 2.48 bits per heavy atom. The summed E-state index contributed by atoms with van der Waals surface area (Å²) >= 11 is 0. The van der Waals surface area contributed by atoms with Crippen LogP contribution >= 0.6 is 0 Å². The number of carbonyl (C=O) groups excluding carboxylic acids is 1. The predicted octanol–water partition coefficient (Wildman–Crippen LogP) is 1.91. The van der Waals surface area contributed by atoms with E-state index in [2.05, 4.69) is 15.2 Å². The number of carbonyl (C=O) groups is 1. The Morgan fingerprint density at radius 2 is 1.87 bits per heavy atom. The second kappa shape index (κ2) is 8.11. The van der Waals surface area contributed by atoms with E-state index in [9.17, 15) is 26.4 Å². The Kier molecular flexibility index (Phi) is 5.64. The molecule has 0 aliphatic carbocycles. The number of hydrogen-bond acceptors (Lipinski definition) is 6. The summed E-state index contributed by atoms with van der Waals surface area (Å²) in [6.45, 7) is 2.16. The molecule has 31 heavy (non-hydrogen) atoms. The number of aromatic amines is 1. The molecule has 3 heterocycles. The molecular weight excluding hydrogens is 439 g/mol. The number of amides is 2. The van der Waals surface area contributed by atoms with Crippen LogP contribution in [0.15, 0.2) is 35.5 Å². The Morgan fingerprint density at radius 1 is 1.16 bits per heavy atom. The number of ether oxygens (including phenoxy) is 1. The molecule has 13 heteroatoms. The number of likely N-dealkylation sites (tertiary alicyclic amines) is 2. The number of halogens is 3. The third-order valence-corrected chi connectivity index (χ3v) is 6.93. The van der Waals surface area contributed by atoms with Crippen molar-refractivity contribution in [2.75, 3.05) is 26.2 Å². The van der Waals surface area contributed by atoms with Crippen LogP contribution in [0.3, 0.4) is 0 Å². The van der Waals surface area contributed by atoms with Crippen molar-refractivity contribution in [2.24, 2.45) is 0 Å². The van der Waals surface area contributed by atoms with Gasteiger partial charge in [0.15, 0.2) is 0 Å². The Balaban J connectivity index is 1.22. The number of urea groups is 1. The third-order valence-electron chi connectivity index (χ3n) is 5.42. The predicted molar refractivity (Wildman–Crippen MR) is 101 cm³/mol. The molecule has 1 aromatic heterocycles. The summed E-state index contributed by atoms with van der Waals surface area (Å²) in [5.41, 5.74) is -4.79. The summed E-state index contributed by atoms with van der Waals surface area (Å²) in [7, 11) is -5.36. The summed E-state index contributed by atoms with van der Waals surface area (Å²) in [6.07, 6.45) is 2.14. The maximum atomic E-state index is 12.6. The molecule has 0 radical (unpaired) electrons. The van der Waals surface area contributed by atoms with Gasteiger partial charge in [-0.3, -0.25) is 0 Å². The van der Waals surface area contributed by atoms with Crippen LogP contribution in [-0.4, -0.2) is 77.2 Å². The number of sulfone groups is 1. The van der Waals surface area contributed by atoms with Gasteiger partial charge >= 0.3 is 11.5 Å². The molecule has 2 aromatic rings. The molecule has 1 N–H and O–H groups in total. The zero-order valence-corrected chi connectivity index (χ0v) is 17.1. The van der Waals surface area contributed by atoms with Gasteiger partial charge < -0.3 is 19.5 Å². The van der Waals surface area contributed by atoms with Gasteiger partial charge in [0.2, 0.25) is 0 Å². The molecule has 1 atom stereocenters. The number of nitrogens with one attached hydrogen (secondary N) is 1. The van der Waals surface area contributed by atoms with Gasteiger partial charge in [0.25, 0.3) is 9.84 Å². The molecular formula is C18H20F3N5O4S. The molecule has 2 amide bonds. The first-order valence-corrected chi connectivity index (χ1v) is 11.0. The van der Waals surface area contributed by atoms with Crippen molar-refractivity contribution in [3.8, 4) is 0 Å². The van der Waals surface area contributed by atoms with Crippen molar-refractivity contribution in [1.29, 1.82) is 0 Å². The molecule has 0 bridgehead atoms. The molecule has 0 unspecified atom stereocenters. The fourth-order valence-corrected chi connectivity index (χ4v) is 4.35. The van der Waals surface area contributed by atoms with Gasteiger partial charge in [-0.25, -0.2) is 13.2 Å². The fraction of sp³-hybridized carbons (Fsp3) is 0.500.